The number of aromatic nitrogens is 4. The fraction of sp³-hybridized carbons (Fsp3) is 0.300. The van der Waals surface area contributed by atoms with Gasteiger partial charge in [-0.05, 0) is 9.91 Å². The first-order valence-corrected chi connectivity index (χ1v) is 5.14. The molecule has 0 aliphatic heterocycles. The Morgan fingerprint density at radius 3 is 2.53 bits per heavy atom. The summed E-state index contributed by atoms with van der Waals surface area (Å²) in [5.74, 6) is 1.66. The quantitative estimate of drug-likeness (QED) is 0.391. The zero-order valence-electron chi connectivity index (χ0n) is 10.2. The van der Waals surface area contributed by atoms with Crippen LogP contribution in [0.5, 0.6) is 0 Å². The predicted molar refractivity (Wildman–Crippen MR) is 65.7 cm³/mol. The summed E-state index contributed by atoms with van der Waals surface area (Å²) in [6.45, 7) is -0.180. The van der Waals surface area contributed by atoms with E-state index < -0.39 is 22.1 Å². The molecule has 98 valence electrons. The van der Waals surface area contributed by atoms with Crippen LogP contribution in [0.25, 0.3) is 11.2 Å². The Kier molecular flexibility index (Phi) is 2.71. The fourth-order valence-electron chi connectivity index (χ4n) is 1.82. The highest BCUT2D eigenvalue weighted by atomic mass is 16.6. The highest BCUT2D eigenvalue weighted by Crippen LogP contribution is 2.16. The first-order chi connectivity index (χ1) is 8.90. The molecule has 2 aromatic rings. The maximum absolute atomic E-state index is 12.0. The van der Waals surface area contributed by atoms with Crippen molar-refractivity contribution in [1.29, 1.82) is 0 Å². The van der Waals surface area contributed by atoms with Crippen LogP contribution in [0.3, 0.4) is 0 Å². The van der Waals surface area contributed by atoms with E-state index >= 15 is 0 Å². The average molecular weight is 263 g/mol. The summed E-state index contributed by atoms with van der Waals surface area (Å²) in [6, 6.07) is 0. The molecule has 9 nitrogen and oxygen atoms in total. The maximum Gasteiger partial charge on any atom is 0.438 e. The number of imidazole rings is 1. The number of aryl methyl sites for hydroxylation is 1. The van der Waals surface area contributed by atoms with Crippen molar-refractivity contribution < 1.29 is 4.92 Å². The van der Waals surface area contributed by atoms with Gasteiger partial charge in [-0.2, -0.15) is 0 Å². The third-order valence-electron chi connectivity index (χ3n) is 2.74. The molecule has 0 unspecified atom stereocenters. The van der Waals surface area contributed by atoms with E-state index in [0.29, 0.717) is 0 Å². The van der Waals surface area contributed by atoms with E-state index in [2.05, 4.69) is 10.9 Å². The van der Waals surface area contributed by atoms with E-state index in [9.17, 15) is 19.7 Å². The van der Waals surface area contributed by atoms with Crippen LogP contribution >= 0.6 is 0 Å². The van der Waals surface area contributed by atoms with Crippen molar-refractivity contribution in [2.75, 3.05) is 0 Å². The van der Waals surface area contributed by atoms with Gasteiger partial charge in [0.2, 0.25) is 5.52 Å². The minimum absolute atomic E-state index is 0.0601. The number of fused-ring (bicyclic) bond motifs is 1. The van der Waals surface area contributed by atoms with Gasteiger partial charge < -0.3 is 10.1 Å². The lowest BCUT2D eigenvalue weighted by Crippen LogP contribution is -2.37. The van der Waals surface area contributed by atoms with Crippen LogP contribution in [0.15, 0.2) is 9.59 Å². The van der Waals surface area contributed by atoms with Gasteiger partial charge in [-0.1, -0.05) is 5.92 Å². The molecule has 2 rings (SSSR count). The molecule has 9 heteroatoms. The van der Waals surface area contributed by atoms with E-state index in [0.717, 1.165) is 13.7 Å². The standard InChI is InChI=1S/C10H9N5O4/c1-4-5-14-6-7(11-9(14)15(18)19)12(2)10(17)13(3)8(6)16/h1H,5H2,2-3H3. The Balaban J connectivity index is 3.11. The van der Waals surface area contributed by atoms with Crippen LogP contribution in [0.1, 0.15) is 0 Å². The summed E-state index contributed by atoms with van der Waals surface area (Å²) >= 11 is 0. The number of nitro groups is 1. The van der Waals surface area contributed by atoms with Gasteiger partial charge in [0.25, 0.3) is 11.2 Å². The lowest BCUT2D eigenvalue weighted by molar-refractivity contribution is -0.396. The molecule has 0 radical (unpaired) electrons. The van der Waals surface area contributed by atoms with Crippen LogP contribution in [-0.4, -0.2) is 23.6 Å². The number of nitrogens with zero attached hydrogens (tertiary/aromatic N) is 5. The highest BCUT2D eigenvalue weighted by molar-refractivity contribution is 5.72. The SMILES string of the molecule is C#CCn1c([N+](=O)[O-])nc2c1c(=O)n(C)c(=O)n2C. The fourth-order valence-corrected chi connectivity index (χ4v) is 1.82. The molecule has 0 aromatic carbocycles. The largest absolute Gasteiger partial charge is 0.438 e. The molecule has 2 aromatic heterocycles. The number of rotatable bonds is 2. The molecular formula is C10H9N5O4. The molecule has 0 amide bonds. The minimum Gasteiger partial charge on any atom is -0.390 e. The number of hydrogen-bond acceptors (Lipinski definition) is 5. The normalized spacial score (nSPS) is 10.6. The van der Waals surface area contributed by atoms with Crippen molar-refractivity contribution in [3.05, 3.63) is 31.0 Å². The summed E-state index contributed by atoms with van der Waals surface area (Å²) in [5, 5.41) is 10.9. The molecule has 0 spiro atoms. The third kappa shape index (κ3) is 1.61. The Labute approximate surface area is 105 Å². The van der Waals surface area contributed by atoms with Crippen LogP contribution in [-0.2, 0) is 20.6 Å². The Hall–Kier alpha value is -2.89. The second-order valence-electron chi connectivity index (χ2n) is 3.84. The molecule has 0 saturated heterocycles. The van der Waals surface area contributed by atoms with Gasteiger partial charge in [-0.25, -0.2) is 9.36 Å². The second-order valence-corrected chi connectivity index (χ2v) is 3.84. The zero-order valence-corrected chi connectivity index (χ0v) is 10.2. The molecule has 19 heavy (non-hydrogen) atoms. The Morgan fingerprint density at radius 1 is 1.37 bits per heavy atom. The first-order valence-electron chi connectivity index (χ1n) is 5.14. The van der Waals surface area contributed by atoms with Gasteiger partial charge in [0.15, 0.2) is 0 Å². The molecule has 0 aliphatic carbocycles. The first kappa shape index (κ1) is 12.6. The van der Waals surface area contributed by atoms with E-state index in [1.54, 1.807) is 0 Å². The van der Waals surface area contributed by atoms with Crippen LogP contribution < -0.4 is 11.2 Å². The second kappa shape index (κ2) is 4.09. The van der Waals surface area contributed by atoms with Gasteiger partial charge >= 0.3 is 11.6 Å². The molecule has 0 aliphatic rings. The third-order valence-corrected chi connectivity index (χ3v) is 2.74. The predicted octanol–water partition coefficient (Wildman–Crippen LogP) is -1.02. The van der Waals surface area contributed by atoms with Crippen molar-refractivity contribution in [3.63, 3.8) is 0 Å². The molecule has 0 N–H and O–H groups in total. The van der Waals surface area contributed by atoms with Crippen molar-refractivity contribution in [3.8, 4) is 12.3 Å². The molecule has 0 bridgehead atoms. The molecular weight excluding hydrogens is 254 g/mol. The topological polar surface area (TPSA) is 105 Å². The van der Waals surface area contributed by atoms with Gasteiger partial charge in [-0.3, -0.25) is 13.9 Å². The number of hydrogen-bond donors (Lipinski definition) is 0. The molecule has 0 saturated carbocycles. The zero-order chi connectivity index (χ0) is 14.3. The van der Waals surface area contributed by atoms with Crippen LogP contribution in [0.4, 0.5) is 5.95 Å². The van der Waals surface area contributed by atoms with Gasteiger partial charge in [0.05, 0.1) is 0 Å². The van der Waals surface area contributed by atoms with Crippen molar-refractivity contribution in [1.82, 2.24) is 18.7 Å². The van der Waals surface area contributed by atoms with Crippen molar-refractivity contribution in [2.45, 2.75) is 6.54 Å². The number of terminal acetylenes is 1. The molecule has 0 fully saturated rings. The van der Waals surface area contributed by atoms with Gasteiger partial charge in [0.1, 0.15) is 6.54 Å². The van der Waals surface area contributed by atoms with Crippen LogP contribution in [0.2, 0.25) is 0 Å². The van der Waals surface area contributed by atoms with Crippen LogP contribution in [0, 0.1) is 22.5 Å². The summed E-state index contributed by atoms with van der Waals surface area (Å²) in [4.78, 5) is 37.6. The summed E-state index contributed by atoms with van der Waals surface area (Å²) in [6.07, 6.45) is 5.14. The lowest BCUT2D eigenvalue weighted by atomic mass is 10.5. The van der Waals surface area contributed by atoms with Crippen molar-refractivity contribution >= 4 is 17.1 Å². The summed E-state index contributed by atoms with van der Waals surface area (Å²) in [5.41, 5.74) is -1.41. The average Bonchev–Trinajstić information content (AvgIpc) is 2.74. The van der Waals surface area contributed by atoms with E-state index in [1.165, 1.54) is 14.1 Å². The Bertz CT molecular complexity index is 848. The maximum atomic E-state index is 12.0. The lowest BCUT2D eigenvalue weighted by Gasteiger charge is -2.01. The van der Waals surface area contributed by atoms with Gasteiger partial charge in [-0.15, -0.1) is 6.42 Å². The molecule has 0 atom stereocenters. The monoisotopic (exact) mass is 263 g/mol. The smallest absolute Gasteiger partial charge is 0.390 e. The minimum atomic E-state index is -0.749. The summed E-state index contributed by atoms with van der Waals surface area (Å²) in [7, 11) is 2.66. The van der Waals surface area contributed by atoms with E-state index in [1.807, 2.05) is 0 Å². The Morgan fingerprint density at radius 2 is 2.00 bits per heavy atom. The van der Waals surface area contributed by atoms with Gasteiger partial charge in [0, 0.05) is 14.1 Å². The van der Waals surface area contributed by atoms with E-state index in [4.69, 9.17) is 6.42 Å². The summed E-state index contributed by atoms with van der Waals surface area (Å²) < 4.78 is 2.93. The molecule has 2 heterocycles. The van der Waals surface area contributed by atoms with E-state index in [-0.39, 0.29) is 17.7 Å². The van der Waals surface area contributed by atoms with Crippen molar-refractivity contribution in [2.24, 2.45) is 14.1 Å². The highest BCUT2D eigenvalue weighted by Gasteiger charge is 2.27.